The number of carbonyl (C=O) groups is 1. The lowest BCUT2D eigenvalue weighted by Gasteiger charge is -2.18. The number of nitrogens with zero attached hydrogens (tertiary/aromatic N) is 2. The van der Waals surface area contributed by atoms with E-state index in [4.69, 9.17) is 0 Å². The molecule has 0 saturated carbocycles. The molecule has 1 N–H and O–H groups in total. The summed E-state index contributed by atoms with van der Waals surface area (Å²) in [6.45, 7) is 7.99. The van der Waals surface area contributed by atoms with E-state index in [1.165, 1.54) is 15.8 Å². The maximum Gasteiger partial charge on any atom is 0.263 e. The van der Waals surface area contributed by atoms with Crippen molar-refractivity contribution in [1.82, 2.24) is 9.55 Å². The largest absolute Gasteiger partial charge is 0.324 e. The molecule has 0 saturated heterocycles. The van der Waals surface area contributed by atoms with Crippen molar-refractivity contribution in [2.45, 2.75) is 53.0 Å². The van der Waals surface area contributed by atoms with Crippen LogP contribution < -0.4 is 10.9 Å². The highest BCUT2D eigenvalue weighted by Crippen LogP contribution is 2.35. The number of fused-ring (bicyclic) bond motifs is 3. The van der Waals surface area contributed by atoms with Gasteiger partial charge in [-0.05, 0) is 68.7 Å². The molecule has 6 heteroatoms. The summed E-state index contributed by atoms with van der Waals surface area (Å²) in [5.41, 5.74) is 3.96. The molecule has 2 heterocycles. The van der Waals surface area contributed by atoms with Crippen LogP contribution >= 0.6 is 11.3 Å². The van der Waals surface area contributed by atoms with Crippen LogP contribution in [-0.4, -0.2) is 15.5 Å². The van der Waals surface area contributed by atoms with Crippen molar-refractivity contribution in [2.24, 2.45) is 5.92 Å². The summed E-state index contributed by atoms with van der Waals surface area (Å²) >= 11 is 1.63. The molecule has 28 heavy (non-hydrogen) atoms. The molecule has 146 valence electrons. The van der Waals surface area contributed by atoms with Crippen LogP contribution in [0.25, 0.3) is 10.2 Å². The summed E-state index contributed by atoms with van der Waals surface area (Å²) in [6, 6.07) is 5.17. The number of hydrogen-bond acceptors (Lipinski definition) is 4. The predicted molar refractivity (Wildman–Crippen MR) is 114 cm³/mol. The Morgan fingerprint density at radius 1 is 1.36 bits per heavy atom. The van der Waals surface area contributed by atoms with Gasteiger partial charge in [0.05, 0.1) is 11.7 Å². The lowest BCUT2D eigenvalue weighted by Crippen LogP contribution is -2.32. The van der Waals surface area contributed by atoms with Crippen molar-refractivity contribution in [1.29, 1.82) is 0 Å². The zero-order chi connectivity index (χ0) is 20.0. The molecule has 5 nitrogen and oxygen atoms in total. The monoisotopic (exact) mass is 395 g/mol. The Bertz CT molecular complexity index is 1130. The maximum absolute atomic E-state index is 13.2. The number of nitrogens with one attached hydrogen (secondary N) is 1. The lowest BCUT2D eigenvalue weighted by molar-refractivity contribution is -0.118. The van der Waals surface area contributed by atoms with Gasteiger partial charge in [0.1, 0.15) is 10.9 Å². The average molecular weight is 396 g/mol. The van der Waals surface area contributed by atoms with Crippen molar-refractivity contribution in [2.75, 3.05) is 5.32 Å². The van der Waals surface area contributed by atoms with Crippen molar-refractivity contribution in [3.05, 3.63) is 56.4 Å². The molecule has 1 aliphatic carbocycles. The summed E-state index contributed by atoms with van der Waals surface area (Å²) in [5, 5.41) is 3.67. The van der Waals surface area contributed by atoms with Crippen molar-refractivity contribution >= 4 is 33.1 Å². The number of aromatic nitrogens is 2. The van der Waals surface area contributed by atoms with Crippen LogP contribution in [0.4, 0.5) is 5.69 Å². The van der Waals surface area contributed by atoms with Crippen LogP contribution in [-0.2, 0) is 17.6 Å². The third kappa shape index (κ3) is 3.15. The summed E-state index contributed by atoms with van der Waals surface area (Å²) in [7, 11) is 0. The molecule has 0 spiro atoms. The van der Waals surface area contributed by atoms with Gasteiger partial charge in [-0.25, -0.2) is 4.98 Å². The first-order chi connectivity index (χ1) is 13.4. The Kier molecular flexibility index (Phi) is 4.83. The third-order valence-corrected chi connectivity index (χ3v) is 7.06. The smallest absolute Gasteiger partial charge is 0.263 e. The first-order valence-electron chi connectivity index (χ1n) is 9.75. The SMILES string of the molecule is Cc1cccc(NC(=O)C(C)n2cnc3sc4c(c3c2=O)CCC(C)C4)c1C. The van der Waals surface area contributed by atoms with E-state index < -0.39 is 6.04 Å². The quantitative estimate of drug-likeness (QED) is 0.715. The van der Waals surface area contributed by atoms with Gasteiger partial charge in [0.25, 0.3) is 5.56 Å². The molecular formula is C22H25N3O2S. The third-order valence-electron chi connectivity index (χ3n) is 5.90. The molecule has 0 radical (unpaired) electrons. The molecule has 4 rings (SSSR count). The normalized spacial score (nSPS) is 17.4. The van der Waals surface area contributed by atoms with E-state index in [0.717, 1.165) is 46.5 Å². The highest BCUT2D eigenvalue weighted by atomic mass is 32.1. The van der Waals surface area contributed by atoms with E-state index in [9.17, 15) is 9.59 Å². The van der Waals surface area contributed by atoms with Gasteiger partial charge in [-0.1, -0.05) is 19.1 Å². The minimum Gasteiger partial charge on any atom is -0.324 e. The number of benzene rings is 1. The molecular weight excluding hydrogens is 370 g/mol. The fraction of sp³-hybridized carbons (Fsp3) is 0.409. The van der Waals surface area contributed by atoms with E-state index in [1.54, 1.807) is 18.3 Å². The molecule has 0 bridgehead atoms. The molecule has 2 aromatic heterocycles. The number of amides is 1. The van der Waals surface area contributed by atoms with Crippen molar-refractivity contribution in [3.63, 3.8) is 0 Å². The number of thiophene rings is 1. The zero-order valence-corrected chi connectivity index (χ0v) is 17.5. The van der Waals surface area contributed by atoms with E-state index >= 15 is 0 Å². The number of rotatable bonds is 3. The first-order valence-corrected chi connectivity index (χ1v) is 10.6. The Morgan fingerprint density at radius 3 is 2.93 bits per heavy atom. The minimum absolute atomic E-state index is 0.110. The van der Waals surface area contributed by atoms with Gasteiger partial charge in [0, 0.05) is 10.6 Å². The molecule has 2 unspecified atom stereocenters. The second-order valence-corrected chi connectivity index (χ2v) is 8.99. The predicted octanol–water partition coefficient (Wildman–Crippen LogP) is 4.40. The van der Waals surface area contributed by atoms with Crippen LogP contribution in [0.5, 0.6) is 0 Å². The fourth-order valence-electron chi connectivity index (χ4n) is 3.87. The molecule has 0 fully saturated rings. The minimum atomic E-state index is -0.637. The highest BCUT2D eigenvalue weighted by Gasteiger charge is 2.25. The Morgan fingerprint density at radius 2 is 2.14 bits per heavy atom. The zero-order valence-electron chi connectivity index (χ0n) is 16.7. The fourth-order valence-corrected chi connectivity index (χ4v) is 5.21. The van der Waals surface area contributed by atoms with Crippen LogP contribution in [0.3, 0.4) is 0 Å². The lowest BCUT2D eigenvalue weighted by atomic mass is 9.89. The molecule has 1 amide bonds. The first kappa shape index (κ1) is 18.9. The van der Waals surface area contributed by atoms with Crippen molar-refractivity contribution < 1.29 is 4.79 Å². The summed E-state index contributed by atoms with van der Waals surface area (Å²) in [6.07, 6.45) is 4.54. The van der Waals surface area contributed by atoms with Crippen LogP contribution in [0.2, 0.25) is 0 Å². The number of carbonyl (C=O) groups excluding carboxylic acids is 1. The van der Waals surface area contributed by atoms with E-state index in [0.29, 0.717) is 11.3 Å². The summed E-state index contributed by atoms with van der Waals surface area (Å²) < 4.78 is 1.47. The van der Waals surface area contributed by atoms with Gasteiger partial charge in [-0.3, -0.25) is 14.2 Å². The maximum atomic E-state index is 13.2. The molecule has 0 aliphatic heterocycles. The van der Waals surface area contributed by atoms with Gasteiger partial charge in [-0.2, -0.15) is 0 Å². The van der Waals surface area contributed by atoms with Gasteiger partial charge >= 0.3 is 0 Å². The summed E-state index contributed by atoms with van der Waals surface area (Å²) in [4.78, 5) is 32.6. The second-order valence-electron chi connectivity index (χ2n) is 7.90. The van der Waals surface area contributed by atoms with E-state index in [-0.39, 0.29) is 11.5 Å². The standard InChI is InChI=1S/C22H25N3O2S/c1-12-8-9-16-18(10-12)28-21-19(16)22(27)25(11-23-21)15(4)20(26)24-17-7-5-6-13(2)14(17)3/h5-7,11-12,15H,8-10H2,1-4H3,(H,24,26). The average Bonchev–Trinajstić information content (AvgIpc) is 3.03. The molecule has 2 atom stereocenters. The topological polar surface area (TPSA) is 64.0 Å². The Labute approximate surface area is 168 Å². The van der Waals surface area contributed by atoms with Gasteiger partial charge in [0.15, 0.2) is 0 Å². The van der Waals surface area contributed by atoms with Crippen LogP contribution in [0.1, 0.15) is 47.9 Å². The molecule has 1 aromatic carbocycles. The van der Waals surface area contributed by atoms with Gasteiger partial charge in [-0.15, -0.1) is 11.3 Å². The van der Waals surface area contributed by atoms with Crippen LogP contribution in [0.15, 0.2) is 29.3 Å². The number of anilines is 1. The Balaban J connectivity index is 1.68. The summed E-state index contributed by atoms with van der Waals surface area (Å²) in [5.74, 6) is 0.430. The van der Waals surface area contributed by atoms with Crippen molar-refractivity contribution in [3.8, 4) is 0 Å². The van der Waals surface area contributed by atoms with Gasteiger partial charge < -0.3 is 5.32 Å². The molecule has 1 aliphatic rings. The molecule has 3 aromatic rings. The van der Waals surface area contributed by atoms with E-state index in [1.807, 2.05) is 32.0 Å². The van der Waals surface area contributed by atoms with E-state index in [2.05, 4.69) is 17.2 Å². The number of aryl methyl sites for hydroxylation is 2. The van der Waals surface area contributed by atoms with Crippen LogP contribution in [0, 0.1) is 19.8 Å². The Hall–Kier alpha value is -2.47. The highest BCUT2D eigenvalue weighted by molar-refractivity contribution is 7.18. The second kappa shape index (κ2) is 7.17. The van der Waals surface area contributed by atoms with Gasteiger partial charge in [0.2, 0.25) is 5.91 Å². The number of hydrogen-bond donors (Lipinski definition) is 1.